The Kier molecular flexibility index (Phi) is 6.36. The molecule has 0 radical (unpaired) electrons. The van der Waals surface area contributed by atoms with Gasteiger partial charge in [-0.3, -0.25) is 9.58 Å². The molecule has 18 heavy (non-hydrogen) atoms. The quantitative estimate of drug-likeness (QED) is 0.722. The predicted octanol–water partition coefficient (Wildman–Crippen LogP) is 2.32. The monoisotopic (exact) mass is 252 g/mol. The number of rotatable bonds is 8. The molecule has 1 aromatic rings. The fourth-order valence-corrected chi connectivity index (χ4v) is 2.11. The Labute approximate surface area is 111 Å². The molecule has 2 N–H and O–H groups in total. The first-order valence-electron chi connectivity index (χ1n) is 7.02. The zero-order chi connectivity index (χ0) is 13.5. The second kappa shape index (κ2) is 7.54. The fraction of sp³-hybridized carbons (Fsp3) is 0.786. The lowest BCUT2D eigenvalue weighted by atomic mass is 10.1. The summed E-state index contributed by atoms with van der Waals surface area (Å²) in [5.74, 6) is 0. The van der Waals surface area contributed by atoms with Crippen molar-refractivity contribution in [1.82, 2.24) is 14.7 Å². The molecule has 4 heteroatoms. The average Bonchev–Trinajstić information content (AvgIpc) is 2.74. The number of hydrogen-bond donors (Lipinski definition) is 1. The van der Waals surface area contributed by atoms with E-state index in [1.54, 1.807) is 0 Å². The maximum atomic E-state index is 6.26. The Morgan fingerprint density at radius 3 is 2.61 bits per heavy atom. The highest BCUT2D eigenvalue weighted by Crippen LogP contribution is 2.13. The average molecular weight is 252 g/mol. The topological polar surface area (TPSA) is 47.1 Å². The number of aromatic nitrogens is 2. The van der Waals surface area contributed by atoms with Gasteiger partial charge in [-0.2, -0.15) is 5.10 Å². The molecule has 1 heterocycles. The second-order valence-electron chi connectivity index (χ2n) is 5.35. The van der Waals surface area contributed by atoms with Crippen molar-refractivity contribution in [2.24, 2.45) is 12.8 Å². The highest BCUT2D eigenvalue weighted by molar-refractivity contribution is 5.10. The van der Waals surface area contributed by atoms with Gasteiger partial charge in [0.2, 0.25) is 0 Å². The minimum atomic E-state index is 0.0581. The molecule has 104 valence electrons. The van der Waals surface area contributed by atoms with Gasteiger partial charge in [0.05, 0.1) is 6.20 Å². The lowest BCUT2D eigenvalue weighted by Gasteiger charge is -2.29. The van der Waals surface area contributed by atoms with Gasteiger partial charge in [0.25, 0.3) is 0 Å². The molecule has 0 aliphatic carbocycles. The molecular formula is C14H28N4. The van der Waals surface area contributed by atoms with Gasteiger partial charge in [-0.15, -0.1) is 0 Å². The van der Waals surface area contributed by atoms with Crippen LogP contribution in [-0.4, -0.2) is 33.8 Å². The van der Waals surface area contributed by atoms with Crippen LogP contribution in [0.25, 0.3) is 0 Å². The molecule has 0 aromatic carbocycles. The van der Waals surface area contributed by atoms with E-state index in [1.165, 1.54) is 19.3 Å². The molecule has 1 aromatic heterocycles. The first-order chi connectivity index (χ1) is 8.54. The van der Waals surface area contributed by atoms with Crippen molar-refractivity contribution in [1.29, 1.82) is 0 Å². The van der Waals surface area contributed by atoms with Crippen LogP contribution in [0.2, 0.25) is 0 Å². The molecule has 0 aliphatic heterocycles. The van der Waals surface area contributed by atoms with Crippen molar-refractivity contribution in [2.75, 3.05) is 13.1 Å². The Morgan fingerprint density at radius 1 is 1.39 bits per heavy atom. The minimum absolute atomic E-state index is 0.0581. The summed E-state index contributed by atoms with van der Waals surface area (Å²) in [4.78, 5) is 2.47. The number of unbranched alkanes of at least 4 members (excludes halogenated alkanes) is 2. The number of nitrogens with zero attached hydrogens (tertiary/aromatic N) is 3. The van der Waals surface area contributed by atoms with E-state index in [4.69, 9.17) is 5.73 Å². The van der Waals surface area contributed by atoms with Gasteiger partial charge in [-0.05, 0) is 26.8 Å². The maximum Gasteiger partial charge on any atom is 0.0537 e. The molecule has 0 saturated heterocycles. The van der Waals surface area contributed by atoms with Crippen LogP contribution in [0.1, 0.15) is 51.6 Å². The van der Waals surface area contributed by atoms with Crippen LogP contribution < -0.4 is 5.73 Å². The Balaban J connectivity index is 2.49. The van der Waals surface area contributed by atoms with Gasteiger partial charge >= 0.3 is 0 Å². The van der Waals surface area contributed by atoms with Crippen LogP contribution in [0.15, 0.2) is 12.4 Å². The highest BCUT2D eigenvalue weighted by atomic mass is 15.2. The third-order valence-corrected chi connectivity index (χ3v) is 3.36. The molecule has 0 spiro atoms. The Morgan fingerprint density at radius 2 is 2.11 bits per heavy atom. The molecule has 0 saturated carbocycles. The predicted molar refractivity (Wildman–Crippen MR) is 76.4 cm³/mol. The van der Waals surface area contributed by atoms with Crippen molar-refractivity contribution in [3.05, 3.63) is 18.0 Å². The molecule has 0 bridgehead atoms. The third-order valence-electron chi connectivity index (χ3n) is 3.36. The molecule has 0 fully saturated rings. The summed E-state index contributed by atoms with van der Waals surface area (Å²) >= 11 is 0. The normalized spacial score (nSPS) is 13.5. The number of hydrogen-bond acceptors (Lipinski definition) is 3. The van der Waals surface area contributed by atoms with E-state index in [0.29, 0.717) is 6.04 Å². The third kappa shape index (κ3) is 4.78. The van der Waals surface area contributed by atoms with E-state index in [1.807, 2.05) is 24.1 Å². The van der Waals surface area contributed by atoms with Crippen molar-refractivity contribution >= 4 is 0 Å². The maximum absolute atomic E-state index is 6.26. The molecule has 0 aliphatic rings. The Hall–Kier alpha value is -0.870. The lowest BCUT2D eigenvalue weighted by molar-refractivity contribution is 0.204. The molecule has 1 atom stereocenters. The van der Waals surface area contributed by atoms with Crippen molar-refractivity contribution in [3.63, 3.8) is 0 Å². The van der Waals surface area contributed by atoms with Gasteiger partial charge in [0, 0.05) is 37.4 Å². The summed E-state index contributed by atoms with van der Waals surface area (Å²) in [6, 6.07) is 0.604. The first kappa shape index (κ1) is 15.2. The SMILES string of the molecule is CCCCCN(CC(N)c1cnn(C)c1)C(C)C. The zero-order valence-corrected chi connectivity index (χ0v) is 12.3. The van der Waals surface area contributed by atoms with E-state index >= 15 is 0 Å². The standard InChI is InChI=1S/C14H28N4/c1-5-6-7-8-18(12(2)3)11-14(15)13-9-16-17(4)10-13/h9-10,12,14H,5-8,11,15H2,1-4H3. The van der Waals surface area contributed by atoms with Crippen LogP contribution in [-0.2, 0) is 7.05 Å². The van der Waals surface area contributed by atoms with Crippen LogP contribution in [0.5, 0.6) is 0 Å². The summed E-state index contributed by atoms with van der Waals surface area (Å²) in [5, 5.41) is 4.18. The number of nitrogens with two attached hydrogens (primary N) is 1. The smallest absolute Gasteiger partial charge is 0.0537 e. The second-order valence-corrected chi connectivity index (χ2v) is 5.35. The van der Waals surface area contributed by atoms with E-state index < -0.39 is 0 Å². The van der Waals surface area contributed by atoms with Crippen LogP contribution in [0.3, 0.4) is 0 Å². The molecule has 1 rings (SSSR count). The van der Waals surface area contributed by atoms with E-state index in [9.17, 15) is 0 Å². The summed E-state index contributed by atoms with van der Waals surface area (Å²) in [6.07, 6.45) is 7.70. The largest absolute Gasteiger partial charge is 0.323 e. The first-order valence-corrected chi connectivity index (χ1v) is 7.02. The van der Waals surface area contributed by atoms with Crippen molar-refractivity contribution < 1.29 is 0 Å². The summed E-state index contributed by atoms with van der Waals surface area (Å²) in [6.45, 7) is 8.76. The summed E-state index contributed by atoms with van der Waals surface area (Å²) in [5.41, 5.74) is 7.38. The van der Waals surface area contributed by atoms with Gasteiger partial charge < -0.3 is 5.73 Å². The van der Waals surface area contributed by atoms with Gasteiger partial charge in [-0.1, -0.05) is 19.8 Å². The van der Waals surface area contributed by atoms with Gasteiger partial charge in [-0.25, -0.2) is 0 Å². The van der Waals surface area contributed by atoms with Gasteiger partial charge in [0.1, 0.15) is 0 Å². The number of aryl methyl sites for hydroxylation is 1. The fourth-order valence-electron chi connectivity index (χ4n) is 2.11. The Bertz CT molecular complexity index is 332. The van der Waals surface area contributed by atoms with E-state index in [0.717, 1.165) is 18.7 Å². The van der Waals surface area contributed by atoms with Crippen LogP contribution in [0, 0.1) is 0 Å². The molecule has 4 nitrogen and oxygen atoms in total. The van der Waals surface area contributed by atoms with Crippen LogP contribution in [0.4, 0.5) is 0 Å². The highest BCUT2D eigenvalue weighted by Gasteiger charge is 2.15. The summed E-state index contributed by atoms with van der Waals surface area (Å²) < 4.78 is 1.81. The minimum Gasteiger partial charge on any atom is -0.323 e. The van der Waals surface area contributed by atoms with Gasteiger partial charge in [0.15, 0.2) is 0 Å². The zero-order valence-electron chi connectivity index (χ0n) is 12.3. The molecular weight excluding hydrogens is 224 g/mol. The summed E-state index contributed by atoms with van der Waals surface area (Å²) in [7, 11) is 1.93. The molecule has 0 amide bonds. The lowest BCUT2D eigenvalue weighted by Crippen LogP contribution is -2.37. The van der Waals surface area contributed by atoms with Crippen molar-refractivity contribution in [3.8, 4) is 0 Å². The van der Waals surface area contributed by atoms with E-state index in [-0.39, 0.29) is 6.04 Å². The van der Waals surface area contributed by atoms with Crippen molar-refractivity contribution in [2.45, 2.75) is 52.1 Å². The molecule has 1 unspecified atom stereocenters. The van der Waals surface area contributed by atoms with E-state index in [2.05, 4.69) is 30.8 Å². The van der Waals surface area contributed by atoms with Crippen LogP contribution >= 0.6 is 0 Å².